The third kappa shape index (κ3) is 6.65. The number of ether oxygens (including phenoxy) is 1. The first-order valence-electron chi connectivity index (χ1n) is 9.88. The molecule has 2 N–H and O–H groups in total. The number of aryl methyl sites for hydroxylation is 1. The number of non-ortho nitro benzene ring substituents is 1. The van der Waals surface area contributed by atoms with Crippen molar-refractivity contribution in [1.82, 2.24) is 4.72 Å². The summed E-state index contributed by atoms with van der Waals surface area (Å²) in [5.41, 5.74) is 0.0285. The van der Waals surface area contributed by atoms with Crippen molar-refractivity contribution in [2.45, 2.75) is 31.7 Å². The lowest BCUT2D eigenvalue weighted by molar-refractivity contribution is -0.384. The molecule has 34 heavy (non-hydrogen) atoms. The fraction of sp³-hybridized carbons (Fsp3) is 0.350. The van der Waals surface area contributed by atoms with E-state index in [9.17, 15) is 31.7 Å². The van der Waals surface area contributed by atoms with Crippen LogP contribution in [0, 0.1) is 17.0 Å². The summed E-state index contributed by atoms with van der Waals surface area (Å²) in [6, 6.07) is 7.13. The quantitative estimate of drug-likeness (QED) is 0.359. The second-order valence-corrected chi connectivity index (χ2v) is 11.3. The van der Waals surface area contributed by atoms with E-state index in [-0.39, 0.29) is 33.7 Å². The Labute approximate surface area is 198 Å². The van der Waals surface area contributed by atoms with Crippen molar-refractivity contribution >= 4 is 43.0 Å². The molecule has 2 aromatic rings. The van der Waals surface area contributed by atoms with E-state index in [1.54, 1.807) is 20.8 Å². The Morgan fingerprint density at radius 1 is 1.15 bits per heavy atom. The summed E-state index contributed by atoms with van der Waals surface area (Å²) in [5.74, 6) is -0.671. The third-order valence-electron chi connectivity index (χ3n) is 4.51. The van der Waals surface area contributed by atoms with E-state index >= 15 is 0 Å². The second kappa shape index (κ2) is 10.4. The minimum Gasteiger partial charge on any atom is -0.495 e. The number of carbonyl (C=O) groups excluding carboxylic acids is 1. The average molecular weight is 515 g/mol. The summed E-state index contributed by atoms with van der Waals surface area (Å²) in [6.45, 7) is 4.14. The van der Waals surface area contributed by atoms with Gasteiger partial charge in [-0.15, -0.1) is 0 Å². The van der Waals surface area contributed by atoms with Crippen molar-refractivity contribution in [3.05, 3.63) is 52.1 Å². The van der Waals surface area contributed by atoms with Gasteiger partial charge in [0.05, 0.1) is 34.6 Å². The van der Waals surface area contributed by atoms with Gasteiger partial charge in [-0.25, -0.2) is 21.6 Å². The summed E-state index contributed by atoms with van der Waals surface area (Å²) in [6.07, 6.45) is 0.865. The number of nitrogens with zero attached hydrogens (tertiary/aromatic N) is 2. The first-order chi connectivity index (χ1) is 15.7. The van der Waals surface area contributed by atoms with Crippen LogP contribution in [-0.4, -0.2) is 53.6 Å². The molecule has 1 amide bonds. The molecular formula is C20H26N4O8S2. The van der Waals surface area contributed by atoms with E-state index < -0.39 is 37.4 Å². The molecule has 0 saturated carbocycles. The molecule has 0 radical (unpaired) electrons. The standard InChI is InChI=1S/C20H26N4O8S2/c1-13(2)22-34(30,31)16-8-9-19(32-4)17(11-16)21-20(25)12-23(33(5,28)29)18-10-15(24(26)27)7-6-14(18)3/h6-11,13,22H,12H2,1-5H3,(H,21,25). The number of anilines is 2. The van der Waals surface area contributed by atoms with Crippen LogP contribution >= 0.6 is 0 Å². The van der Waals surface area contributed by atoms with Gasteiger partial charge in [0.25, 0.3) is 5.69 Å². The zero-order valence-corrected chi connectivity index (χ0v) is 20.9. The van der Waals surface area contributed by atoms with Gasteiger partial charge >= 0.3 is 0 Å². The topological polar surface area (TPSA) is 165 Å². The predicted octanol–water partition coefficient (Wildman–Crippen LogP) is 2.00. The Morgan fingerprint density at radius 3 is 2.32 bits per heavy atom. The van der Waals surface area contributed by atoms with Crippen LogP contribution < -0.4 is 19.1 Å². The summed E-state index contributed by atoms with van der Waals surface area (Å²) in [7, 11) is -6.58. The zero-order chi connectivity index (χ0) is 25.8. The number of nitrogens with one attached hydrogen (secondary N) is 2. The second-order valence-electron chi connectivity index (χ2n) is 7.68. The van der Waals surface area contributed by atoms with Crippen molar-refractivity contribution in [3.63, 3.8) is 0 Å². The summed E-state index contributed by atoms with van der Waals surface area (Å²) in [4.78, 5) is 23.1. The molecule has 0 spiro atoms. The van der Waals surface area contributed by atoms with Crippen molar-refractivity contribution in [2.75, 3.05) is 29.5 Å². The molecule has 0 aliphatic rings. The molecule has 0 atom stereocenters. The molecule has 0 heterocycles. The molecule has 0 saturated heterocycles. The van der Waals surface area contributed by atoms with E-state index in [0.29, 0.717) is 5.56 Å². The smallest absolute Gasteiger partial charge is 0.271 e. The number of amides is 1. The van der Waals surface area contributed by atoms with Gasteiger partial charge in [0.2, 0.25) is 26.0 Å². The molecule has 0 fully saturated rings. The van der Waals surface area contributed by atoms with Crippen LogP contribution in [0.1, 0.15) is 19.4 Å². The summed E-state index contributed by atoms with van der Waals surface area (Å²) in [5, 5.41) is 13.6. The van der Waals surface area contributed by atoms with Crippen LogP contribution in [0.4, 0.5) is 17.1 Å². The Hall–Kier alpha value is -3.23. The summed E-state index contributed by atoms with van der Waals surface area (Å²) < 4.78 is 58.2. The number of hydrogen-bond acceptors (Lipinski definition) is 8. The fourth-order valence-corrected chi connectivity index (χ4v) is 5.19. The molecule has 12 nitrogen and oxygen atoms in total. The fourth-order valence-electron chi connectivity index (χ4n) is 3.01. The Bertz CT molecular complexity index is 1310. The highest BCUT2D eigenvalue weighted by Gasteiger charge is 2.25. The van der Waals surface area contributed by atoms with E-state index in [1.807, 2.05) is 0 Å². The van der Waals surface area contributed by atoms with Crippen LogP contribution in [0.3, 0.4) is 0 Å². The van der Waals surface area contributed by atoms with Crippen molar-refractivity contribution in [3.8, 4) is 5.75 Å². The number of nitro groups is 1. The van der Waals surface area contributed by atoms with Gasteiger partial charge in [0.1, 0.15) is 12.3 Å². The normalized spacial score (nSPS) is 11.8. The number of rotatable bonds is 10. The molecular weight excluding hydrogens is 488 g/mol. The lowest BCUT2D eigenvalue weighted by Crippen LogP contribution is -2.38. The maximum Gasteiger partial charge on any atom is 0.271 e. The van der Waals surface area contributed by atoms with Crippen LogP contribution in [0.25, 0.3) is 0 Å². The van der Waals surface area contributed by atoms with Gasteiger partial charge in [-0.05, 0) is 44.5 Å². The SMILES string of the molecule is COc1ccc(S(=O)(=O)NC(C)C)cc1NC(=O)CN(c1cc([N+](=O)[O-])ccc1C)S(C)(=O)=O. The molecule has 2 aromatic carbocycles. The van der Waals surface area contributed by atoms with E-state index in [2.05, 4.69) is 10.0 Å². The number of methoxy groups -OCH3 is 1. The van der Waals surface area contributed by atoms with Crippen LogP contribution in [-0.2, 0) is 24.8 Å². The number of hydrogen-bond donors (Lipinski definition) is 2. The zero-order valence-electron chi connectivity index (χ0n) is 19.2. The highest BCUT2D eigenvalue weighted by atomic mass is 32.2. The lowest BCUT2D eigenvalue weighted by atomic mass is 10.2. The Morgan fingerprint density at radius 2 is 1.79 bits per heavy atom. The number of carbonyl (C=O) groups is 1. The minimum absolute atomic E-state index is 0.00310. The maximum absolute atomic E-state index is 12.8. The average Bonchev–Trinajstić information content (AvgIpc) is 2.70. The van der Waals surface area contributed by atoms with Gasteiger partial charge in [-0.3, -0.25) is 19.2 Å². The van der Waals surface area contributed by atoms with E-state index in [1.165, 1.54) is 37.4 Å². The minimum atomic E-state index is -4.02. The Kier molecular flexibility index (Phi) is 8.23. The first kappa shape index (κ1) is 27.0. The number of benzene rings is 2. The molecule has 0 aromatic heterocycles. The van der Waals surface area contributed by atoms with Crippen molar-refractivity contribution in [1.29, 1.82) is 0 Å². The van der Waals surface area contributed by atoms with Gasteiger partial charge < -0.3 is 10.1 Å². The number of nitro benzene ring substituents is 1. The van der Waals surface area contributed by atoms with Crippen LogP contribution in [0.5, 0.6) is 5.75 Å². The van der Waals surface area contributed by atoms with Crippen LogP contribution in [0.2, 0.25) is 0 Å². The predicted molar refractivity (Wildman–Crippen MR) is 127 cm³/mol. The van der Waals surface area contributed by atoms with Crippen molar-refractivity contribution < 1.29 is 31.3 Å². The molecule has 0 unspecified atom stereocenters. The van der Waals surface area contributed by atoms with E-state index in [0.717, 1.165) is 16.6 Å². The van der Waals surface area contributed by atoms with Gasteiger partial charge in [-0.1, -0.05) is 6.07 Å². The highest BCUT2D eigenvalue weighted by molar-refractivity contribution is 7.92. The maximum atomic E-state index is 12.8. The van der Waals surface area contributed by atoms with Gasteiger partial charge in [0, 0.05) is 18.2 Å². The lowest BCUT2D eigenvalue weighted by Gasteiger charge is -2.23. The molecule has 0 bridgehead atoms. The van der Waals surface area contributed by atoms with E-state index in [4.69, 9.17) is 4.74 Å². The monoisotopic (exact) mass is 514 g/mol. The van der Waals surface area contributed by atoms with Gasteiger partial charge in [0.15, 0.2) is 0 Å². The summed E-state index contributed by atoms with van der Waals surface area (Å²) >= 11 is 0. The van der Waals surface area contributed by atoms with Crippen molar-refractivity contribution in [2.24, 2.45) is 0 Å². The molecule has 186 valence electrons. The first-order valence-corrected chi connectivity index (χ1v) is 13.2. The molecule has 0 aliphatic carbocycles. The number of sulfonamides is 2. The molecule has 0 aliphatic heterocycles. The Balaban J connectivity index is 2.42. The highest BCUT2D eigenvalue weighted by Crippen LogP contribution is 2.29. The van der Waals surface area contributed by atoms with Gasteiger partial charge in [-0.2, -0.15) is 0 Å². The molecule has 14 heteroatoms. The third-order valence-corrected chi connectivity index (χ3v) is 7.29. The largest absolute Gasteiger partial charge is 0.495 e. The molecule has 2 rings (SSSR count). The van der Waals surface area contributed by atoms with Crippen LogP contribution in [0.15, 0.2) is 41.3 Å².